The van der Waals surface area contributed by atoms with Crippen molar-refractivity contribution in [1.29, 1.82) is 0 Å². The summed E-state index contributed by atoms with van der Waals surface area (Å²) in [4.78, 5) is 26.8. The third-order valence-electron chi connectivity index (χ3n) is 9.91. The van der Waals surface area contributed by atoms with Crippen LogP contribution in [0, 0.1) is 34.0 Å². The number of ether oxygens (including phenoxy) is 1. The van der Waals surface area contributed by atoms with E-state index in [0.717, 1.165) is 57.1 Å². The van der Waals surface area contributed by atoms with Crippen LogP contribution in [0.25, 0.3) is 0 Å². The molecule has 160 valence electrons. The van der Waals surface area contributed by atoms with Crippen LogP contribution in [0.15, 0.2) is 12.2 Å². The monoisotopic (exact) mass is 401 g/mol. The predicted octanol–water partition coefficient (Wildman–Crippen LogP) is 3.31. The first-order valence-corrected chi connectivity index (χ1v) is 11.5. The van der Waals surface area contributed by atoms with E-state index in [2.05, 4.69) is 13.5 Å². The fourth-order valence-electron chi connectivity index (χ4n) is 8.78. The van der Waals surface area contributed by atoms with Crippen molar-refractivity contribution in [2.75, 3.05) is 19.7 Å². The van der Waals surface area contributed by atoms with Crippen molar-refractivity contribution in [3.63, 3.8) is 0 Å². The maximum atomic E-state index is 13.5. The van der Waals surface area contributed by atoms with Gasteiger partial charge in [-0.2, -0.15) is 0 Å². The Morgan fingerprint density at radius 3 is 2.72 bits per heavy atom. The van der Waals surface area contributed by atoms with Crippen LogP contribution in [0.3, 0.4) is 0 Å². The first kappa shape index (κ1) is 19.6. The molecule has 1 saturated heterocycles. The van der Waals surface area contributed by atoms with Crippen LogP contribution in [0.4, 0.5) is 0 Å². The van der Waals surface area contributed by atoms with Gasteiger partial charge in [0.05, 0.1) is 12.6 Å². The van der Waals surface area contributed by atoms with Crippen LogP contribution in [-0.2, 0) is 14.3 Å². The SMILES string of the molecule is C=C1[C@H]2CC[C@@]3(CC[C@H]4[C@@]5(CCC[C@@]4(C)C(=O)N(CCOC(C)=O)C5)[C@@H]3C2)[C@H]1O. The minimum Gasteiger partial charge on any atom is -0.464 e. The van der Waals surface area contributed by atoms with Crippen molar-refractivity contribution in [3.05, 3.63) is 12.2 Å². The molecule has 1 spiro atoms. The van der Waals surface area contributed by atoms with Gasteiger partial charge in [0, 0.05) is 24.3 Å². The molecule has 1 aliphatic heterocycles. The second-order valence-electron chi connectivity index (χ2n) is 10.9. The van der Waals surface area contributed by atoms with Crippen molar-refractivity contribution in [2.24, 2.45) is 34.0 Å². The van der Waals surface area contributed by atoms with Gasteiger partial charge < -0.3 is 14.7 Å². The van der Waals surface area contributed by atoms with Crippen LogP contribution < -0.4 is 0 Å². The van der Waals surface area contributed by atoms with Crippen LogP contribution in [0.2, 0.25) is 0 Å². The minimum atomic E-state index is -0.379. The fourth-order valence-corrected chi connectivity index (χ4v) is 8.78. The highest BCUT2D eigenvalue weighted by Gasteiger charge is 2.71. The molecule has 4 bridgehead atoms. The van der Waals surface area contributed by atoms with E-state index >= 15 is 0 Å². The highest BCUT2D eigenvalue weighted by molar-refractivity contribution is 5.84. The maximum absolute atomic E-state index is 13.5. The zero-order chi connectivity index (χ0) is 20.6. The van der Waals surface area contributed by atoms with Gasteiger partial charge in [0.15, 0.2) is 0 Å². The number of aliphatic hydroxyl groups is 1. The van der Waals surface area contributed by atoms with E-state index in [1.54, 1.807) is 0 Å². The van der Waals surface area contributed by atoms with Crippen molar-refractivity contribution in [2.45, 2.75) is 71.3 Å². The summed E-state index contributed by atoms with van der Waals surface area (Å²) in [5.74, 6) is 1.28. The molecule has 6 fully saturated rings. The molecule has 5 saturated carbocycles. The van der Waals surface area contributed by atoms with Gasteiger partial charge in [-0.25, -0.2) is 0 Å². The van der Waals surface area contributed by atoms with E-state index in [-0.39, 0.29) is 40.8 Å². The third-order valence-corrected chi connectivity index (χ3v) is 9.91. The van der Waals surface area contributed by atoms with Crippen molar-refractivity contribution >= 4 is 11.9 Å². The molecular weight excluding hydrogens is 366 g/mol. The standard InChI is InChI=1S/C24H35NO4/c1-15-17-5-9-23(20(15)27)10-6-18-22(3)7-4-8-24(18,19(23)13-17)14-25(21(22)28)11-12-29-16(2)26/h17-20,27H,1,4-14H2,2-3H3/t17-,18+,19+,20-,22+,23-,24-/m0/s1. The summed E-state index contributed by atoms with van der Waals surface area (Å²) in [7, 11) is 0. The Morgan fingerprint density at radius 2 is 1.97 bits per heavy atom. The number of fused-ring (bicyclic) bond motifs is 2. The average molecular weight is 402 g/mol. The molecule has 1 heterocycles. The second kappa shape index (κ2) is 6.32. The molecule has 0 aromatic carbocycles. The van der Waals surface area contributed by atoms with E-state index < -0.39 is 0 Å². The summed E-state index contributed by atoms with van der Waals surface area (Å²) in [5, 5.41) is 11.3. The number of aliphatic hydroxyl groups excluding tert-OH is 1. The third kappa shape index (κ3) is 2.43. The fraction of sp³-hybridized carbons (Fsp3) is 0.833. The molecule has 6 aliphatic rings. The van der Waals surface area contributed by atoms with Gasteiger partial charge in [-0.05, 0) is 73.7 Å². The molecule has 0 aromatic heterocycles. The average Bonchev–Trinajstić information content (AvgIpc) is 2.69. The number of likely N-dealkylation sites (tertiary alicyclic amines) is 1. The lowest BCUT2D eigenvalue weighted by Gasteiger charge is -2.72. The molecule has 5 nitrogen and oxygen atoms in total. The zero-order valence-electron chi connectivity index (χ0n) is 17.9. The summed E-state index contributed by atoms with van der Waals surface area (Å²) >= 11 is 0. The molecule has 1 amide bonds. The Morgan fingerprint density at radius 1 is 1.21 bits per heavy atom. The number of hydrogen-bond donors (Lipinski definition) is 1. The quantitative estimate of drug-likeness (QED) is 0.582. The van der Waals surface area contributed by atoms with E-state index in [1.165, 1.54) is 13.3 Å². The molecule has 6 rings (SSSR count). The number of carbonyl (C=O) groups is 2. The molecule has 5 aliphatic carbocycles. The highest BCUT2D eigenvalue weighted by atomic mass is 16.5. The second-order valence-corrected chi connectivity index (χ2v) is 10.9. The molecule has 7 atom stereocenters. The first-order chi connectivity index (χ1) is 13.7. The minimum absolute atomic E-state index is 0.0392. The van der Waals surface area contributed by atoms with Gasteiger partial charge in [-0.1, -0.05) is 19.9 Å². The molecule has 0 aromatic rings. The summed E-state index contributed by atoms with van der Waals surface area (Å²) in [6, 6.07) is 0. The summed E-state index contributed by atoms with van der Waals surface area (Å²) in [5.41, 5.74) is 0.810. The van der Waals surface area contributed by atoms with Crippen LogP contribution in [0.5, 0.6) is 0 Å². The molecule has 0 unspecified atom stereocenters. The van der Waals surface area contributed by atoms with Gasteiger partial charge in [0.2, 0.25) is 5.91 Å². The number of nitrogens with zero attached hydrogens (tertiary/aromatic N) is 1. The zero-order valence-corrected chi connectivity index (χ0v) is 17.9. The van der Waals surface area contributed by atoms with Crippen molar-refractivity contribution < 1.29 is 19.4 Å². The van der Waals surface area contributed by atoms with E-state index in [4.69, 9.17) is 4.74 Å². The number of hydrogen-bond acceptors (Lipinski definition) is 4. The highest BCUT2D eigenvalue weighted by Crippen LogP contribution is 2.73. The van der Waals surface area contributed by atoms with Gasteiger partial charge in [0.25, 0.3) is 0 Å². The Balaban J connectivity index is 1.52. The number of piperidine rings is 1. The Hall–Kier alpha value is -1.36. The molecular formula is C24H35NO4. The first-order valence-electron chi connectivity index (χ1n) is 11.5. The molecule has 0 radical (unpaired) electrons. The summed E-state index contributed by atoms with van der Waals surface area (Å²) in [6.45, 7) is 9.42. The largest absolute Gasteiger partial charge is 0.464 e. The van der Waals surface area contributed by atoms with E-state index in [1.807, 2.05) is 4.90 Å². The number of carbonyl (C=O) groups excluding carboxylic acids is 2. The lowest BCUT2D eigenvalue weighted by atomic mass is 9.35. The lowest BCUT2D eigenvalue weighted by molar-refractivity contribution is -0.237. The number of rotatable bonds is 3. The van der Waals surface area contributed by atoms with Gasteiger partial charge in [0.1, 0.15) is 6.61 Å². The lowest BCUT2D eigenvalue weighted by Crippen LogP contribution is -2.72. The topological polar surface area (TPSA) is 66.8 Å². The van der Waals surface area contributed by atoms with Gasteiger partial charge >= 0.3 is 5.97 Å². The normalized spacial score (nSPS) is 48.2. The van der Waals surface area contributed by atoms with Crippen molar-refractivity contribution in [1.82, 2.24) is 4.90 Å². The smallest absolute Gasteiger partial charge is 0.302 e. The Kier molecular flexibility index (Phi) is 4.27. The summed E-state index contributed by atoms with van der Waals surface area (Å²) in [6.07, 6.45) is 8.33. The number of esters is 1. The van der Waals surface area contributed by atoms with E-state index in [9.17, 15) is 14.7 Å². The van der Waals surface area contributed by atoms with Gasteiger partial charge in [-0.15, -0.1) is 0 Å². The van der Waals surface area contributed by atoms with E-state index in [0.29, 0.717) is 24.3 Å². The number of amides is 1. The Bertz CT molecular complexity index is 764. The molecule has 5 heteroatoms. The molecule has 29 heavy (non-hydrogen) atoms. The Labute approximate surface area is 173 Å². The summed E-state index contributed by atoms with van der Waals surface area (Å²) < 4.78 is 5.18. The van der Waals surface area contributed by atoms with Crippen LogP contribution >= 0.6 is 0 Å². The van der Waals surface area contributed by atoms with Crippen LogP contribution in [0.1, 0.15) is 65.2 Å². The maximum Gasteiger partial charge on any atom is 0.302 e. The predicted molar refractivity (Wildman–Crippen MR) is 109 cm³/mol. The van der Waals surface area contributed by atoms with Crippen molar-refractivity contribution in [3.8, 4) is 0 Å². The van der Waals surface area contributed by atoms with Gasteiger partial charge in [-0.3, -0.25) is 9.59 Å². The molecule has 1 N–H and O–H groups in total. The van der Waals surface area contributed by atoms with Crippen LogP contribution in [-0.4, -0.2) is 47.7 Å².